The molecule has 1 atom stereocenters. The van der Waals surface area contributed by atoms with E-state index in [2.05, 4.69) is 5.32 Å². The maximum Gasteiger partial charge on any atom is 0.308 e. The van der Waals surface area contributed by atoms with Crippen LogP contribution < -0.4 is 5.32 Å². The minimum absolute atomic E-state index is 0.0419. The second-order valence-electron chi connectivity index (χ2n) is 3.94. The Hall–Kier alpha value is -2.09. The zero-order chi connectivity index (χ0) is 14.6. The van der Waals surface area contributed by atoms with Crippen molar-refractivity contribution in [1.82, 2.24) is 5.32 Å². The van der Waals surface area contributed by atoms with Crippen molar-refractivity contribution in [2.45, 2.75) is 19.4 Å². The summed E-state index contributed by atoms with van der Waals surface area (Å²) in [5, 5.41) is 21.7. The molecule has 0 heterocycles. The number of hydrogen-bond donors (Lipinski definition) is 2. The van der Waals surface area contributed by atoms with E-state index >= 15 is 0 Å². The van der Waals surface area contributed by atoms with Crippen LogP contribution in [0, 0.1) is 21.7 Å². The Kier molecular flexibility index (Phi) is 4.87. The van der Waals surface area contributed by atoms with Crippen LogP contribution in [0.5, 0.6) is 0 Å². The molecule has 1 aromatic carbocycles. The summed E-state index contributed by atoms with van der Waals surface area (Å²) in [4.78, 5) is 20.9. The molecule has 0 spiro atoms. The van der Waals surface area contributed by atoms with Crippen molar-refractivity contribution in [3.05, 3.63) is 39.4 Å². The number of hydrogen-bond acceptors (Lipinski definition) is 4. The van der Waals surface area contributed by atoms with Crippen LogP contribution in [0.4, 0.5) is 14.5 Å². The highest BCUT2D eigenvalue weighted by atomic mass is 19.1. The lowest BCUT2D eigenvalue weighted by Gasteiger charge is -2.07. The Morgan fingerprint density at radius 1 is 1.53 bits per heavy atom. The van der Waals surface area contributed by atoms with E-state index in [-0.39, 0.29) is 13.0 Å². The van der Waals surface area contributed by atoms with Crippen LogP contribution >= 0.6 is 0 Å². The lowest BCUT2D eigenvalue weighted by Crippen LogP contribution is -2.27. The molecule has 104 valence electrons. The highest BCUT2D eigenvalue weighted by molar-refractivity contribution is 5.95. The molecule has 0 fully saturated rings. The van der Waals surface area contributed by atoms with Gasteiger partial charge in [-0.3, -0.25) is 14.9 Å². The van der Waals surface area contributed by atoms with Gasteiger partial charge in [-0.05, 0) is 19.4 Å². The molecule has 0 saturated carbocycles. The first-order chi connectivity index (χ1) is 8.82. The van der Waals surface area contributed by atoms with E-state index in [0.717, 1.165) is 0 Å². The minimum atomic E-state index is -1.39. The maximum absolute atomic E-state index is 13.6. The monoisotopic (exact) mass is 274 g/mol. The first-order valence-corrected chi connectivity index (χ1v) is 5.42. The summed E-state index contributed by atoms with van der Waals surface area (Å²) in [7, 11) is 0. The molecule has 1 amide bonds. The summed E-state index contributed by atoms with van der Waals surface area (Å²) in [5.41, 5.74) is -1.84. The standard InChI is InChI=1S/C11H12F2N2O4/c1-6(16)2-3-14-11(17)8-4-7(12)5-9(10(8)13)15(18)19/h4-6,16H,2-3H2,1H3,(H,14,17). The number of halogens is 2. The molecular formula is C11H12F2N2O4. The lowest BCUT2D eigenvalue weighted by molar-refractivity contribution is -0.387. The van der Waals surface area contributed by atoms with Gasteiger partial charge in [-0.25, -0.2) is 4.39 Å². The Balaban J connectivity index is 2.94. The number of nitro benzene ring substituents is 1. The fourth-order valence-electron chi connectivity index (χ4n) is 1.36. The number of carbonyl (C=O) groups excluding carboxylic acids is 1. The molecule has 0 aliphatic heterocycles. The van der Waals surface area contributed by atoms with Gasteiger partial charge in [-0.2, -0.15) is 4.39 Å². The maximum atomic E-state index is 13.6. The zero-order valence-electron chi connectivity index (χ0n) is 10.0. The van der Waals surface area contributed by atoms with Crippen molar-refractivity contribution in [2.24, 2.45) is 0 Å². The fourth-order valence-corrected chi connectivity index (χ4v) is 1.36. The smallest absolute Gasteiger partial charge is 0.308 e. The second-order valence-corrected chi connectivity index (χ2v) is 3.94. The molecule has 0 bridgehead atoms. The largest absolute Gasteiger partial charge is 0.393 e. The third-order valence-corrected chi connectivity index (χ3v) is 2.31. The molecule has 19 heavy (non-hydrogen) atoms. The van der Waals surface area contributed by atoms with Crippen LogP contribution in [0.3, 0.4) is 0 Å². The van der Waals surface area contributed by atoms with E-state index in [1.807, 2.05) is 0 Å². The van der Waals surface area contributed by atoms with E-state index in [1.165, 1.54) is 6.92 Å². The molecular weight excluding hydrogens is 262 g/mol. The average molecular weight is 274 g/mol. The van der Waals surface area contributed by atoms with E-state index < -0.39 is 39.8 Å². The summed E-state index contributed by atoms with van der Waals surface area (Å²) in [6.45, 7) is 1.54. The molecule has 1 aromatic rings. The van der Waals surface area contributed by atoms with Crippen LogP contribution in [0.25, 0.3) is 0 Å². The summed E-state index contributed by atoms with van der Waals surface area (Å²) >= 11 is 0. The number of nitrogens with zero attached hydrogens (tertiary/aromatic N) is 1. The molecule has 1 rings (SSSR count). The van der Waals surface area contributed by atoms with Gasteiger partial charge in [0.15, 0.2) is 0 Å². The predicted molar refractivity (Wildman–Crippen MR) is 61.6 cm³/mol. The Labute approximate surface area is 107 Å². The number of carbonyl (C=O) groups is 1. The highest BCUT2D eigenvalue weighted by Gasteiger charge is 2.23. The van der Waals surface area contributed by atoms with E-state index in [4.69, 9.17) is 5.11 Å². The van der Waals surface area contributed by atoms with Crippen molar-refractivity contribution in [2.75, 3.05) is 6.54 Å². The summed E-state index contributed by atoms with van der Waals surface area (Å²) in [6, 6.07) is 0.988. The molecule has 8 heteroatoms. The van der Waals surface area contributed by atoms with Gasteiger partial charge in [0.1, 0.15) is 5.82 Å². The summed E-state index contributed by atoms with van der Waals surface area (Å²) < 4.78 is 26.7. The van der Waals surface area contributed by atoms with Crippen molar-refractivity contribution in [3.8, 4) is 0 Å². The molecule has 1 unspecified atom stereocenters. The number of amides is 1. The van der Waals surface area contributed by atoms with Crippen LogP contribution in [0.1, 0.15) is 23.7 Å². The van der Waals surface area contributed by atoms with Gasteiger partial charge >= 0.3 is 5.69 Å². The van der Waals surface area contributed by atoms with Gasteiger partial charge < -0.3 is 10.4 Å². The molecule has 6 nitrogen and oxygen atoms in total. The fraction of sp³-hybridized carbons (Fsp3) is 0.364. The lowest BCUT2D eigenvalue weighted by atomic mass is 10.1. The quantitative estimate of drug-likeness (QED) is 0.626. The first-order valence-electron chi connectivity index (χ1n) is 5.42. The topological polar surface area (TPSA) is 92.5 Å². The molecule has 2 N–H and O–H groups in total. The normalized spacial score (nSPS) is 12.0. The van der Waals surface area contributed by atoms with Crippen LogP contribution in [0.15, 0.2) is 12.1 Å². The number of rotatable bonds is 5. The average Bonchev–Trinajstić information content (AvgIpc) is 2.30. The molecule has 0 aliphatic rings. The second kappa shape index (κ2) is 6.19. The van der Waals surface area contributed by atoms with Gasteiger partial charge in [0.2, 0.25) is 5.82 Å². The third kappa shape index (κ3) is 3.95. The number of aliphatic hydroxyl groups excluding tert-OH is 1. The zero-order valence-corrected chi connectivity index (χ0v) is 10.0. The van der Waals surface area contributed by atoms with Crippen molar-refractivity contribution >= 4 is 11.6 Å². The third-order valence-electron chi connectivity index (χ3n) is 2.31. The Morgan fingerprint density at radius 2 is 2.16 bits per heavy atom. The number of benzene rings is 1. The van der Waals surface area contributed by atoms with Crippen molar-refractivity contribution in [1.29, 1.82) is 0 Å². The Bertz CT molecular complexity index is 506. The van der Waals surface area contributed by atoms with E-state index in [1.54, 1.807) is 0 Å². The summed E-state index contributed by atoms with van der Waals surface area (Å²) in [5.74, 6) is -3.43. The number of aliphatic hydroxyl groups is 1. The highest BCUT2D eigenvalue weighted by Crippen LogP contribution is 2.22. The molecule has 0 saturated heterocycles. The molecule has 0 aromatic heterocycles. The van der Waals surface area contributed by atoms with E-state index in [9.17, 15) is 23.7 Å². The van der Waals surface area contributed by atoms with Gasteiger partial charge in [0.05, 0.1) is 22.7 Å². The van der Waals surface area contributed by atoms with Gasteiger partial charge in [0, 0.05) is 6.54 Å². The first kappa shape index (κ1) is 15.0. The van der Waals surface area contributed by atoms with Crippen molar-refractivity contribution < 1.29 is 23.6 Å². The molecule has 0 aliphatic carbocycles. The van der Waals surface area contributed by atoms with E-state index in [0.29, 0.717) is 12.1 Å². The SMILES string of the molecule is CC(O)CCNC(=O)c1cc(F)cc([N+](=O)[O-])c1F. The van der Waals surface area contributed by atoms with Crippen LogP contribution in [-0.4, -0.2) is 28.6 Å². The van der Waals surface area contributed by atoms with Crippen molar-refractivity contribution in [3.63, 3.8) is 0 Å². The summed E-state index contributed by atoms with van der Waals surface area (Å²) in [6.07, 6.45) is -0.433. The van der Waals surface area contributed by atoms with Gasteiger partial charge in [-0.1, -0.05) is 0 Å². The number of nitro groups is 1. The molecule has 0 radical (unpaired) electrons. The Morgan fingerprint density at radius 3 is 2.68 bits per heavy atom. The van der Waals surface area contributed by atoms with Gasteiger partial charge in [-0.15, -0.1) is 0 Å². The van der Waals surface area contributed by atoms with Gasteiger partial charge in [0.25, 0.3) is 5.91 Å². The van der Waals surface area contributed by atoms with Crippen LogP contribution in [-0.2, 0) is 0 Å². The predicted octanol–water partition coefficient (Wildman–Crippen LogP) is 1.37. The minimum Gasteiger partial charge on any atom is -0.393 e. The van der Waals surface area contributed by atoms with Crippen LogP contribution in [0.2, 0.25) is 0 Å². The number of nitrogens with one attached hydrogen (secondary N) is 1.